The Hall–Kier alpha value is -3.84. The molecule has 0 bridgehead atoms. The molecular formula is C28H24ClFN4O2. The molecule has 4 aromatic rings. The van der Waals surface area contributed by atoms with E-state index in [4.69, 9.17) is 11.6 Å². The molecule has 6 nitrogen and oxygen atoms in total. The summed E-state index contributed by atoms with van der Waals surface area (Å²) >= 11 is 6.23. The van der Waals surface area contributed by atoms with Gasteiger partial charge in [-0.15, -0.1) is 0 Å². The van der Waals surface area contributed by atoms with Gasteiger partial charge in [-0.25, -0.2) is 4.39 Å². The summed E-state index contributed by atoms with van der Waals surface area (Å²) in [5.74, 6) is -1.03. The summed E-state index contributed by atoms with van der Waals surface area (Å²) in [6.07, 6.45) is 3.27. The van der Waals surface area contributed by atoms with Gasteiger partial charge >= 0.3 is 0 Å². The normalized spacial score (nSPS) is 15.7. The fraction of sp³-hybridized carbons (Fsp3) is 0.214. The number of nitrogens with one attached hydrogen (secondary N) is 1. The fourth-order valence-corrected chi connectivity index (χ4v) is 5.47. The zero-order chi connectivity index (χ0) is 24.8. The molecule has 2 aliphatic heterocycles. The van der Waals surface area contributed by atoms with Crippen LogP contribution in [0, 0.1) is 5.82 Å². The zero-order valence-electron chi connectivity index (χ0n) is 19.5. The van der Waals surface area contributed by atoms with Gasteiger partial charge in [0.25, 0.3) is 11.8 Å². The van der Waals surface area contributed by atoms with E-state index < -0.39 is 11.7 Å². The average Bonchev–Trinajstić information content (AvgIpc) is 3.50. The second-order valence-electron chi connectivity index (χ2n) is 9.23. The van der Waals surface area contributed by atoms with Crippen LogP contribution in [0.2, 0.25) is 5.02 Å². The smallest absolute Gasteiger partial charge is 0.262 e. The maximum Gasteiger partial charge on any atom is 0.262 e. The largest absolute Gasteiger partial charge is 0.366 e. The highest BCUT2D eigenvalue weighted by atomic mass is 35.5. The molecule has 1 saturated heterocycles. The zero-order valence-corrected chi connectivity index (χ0v) is 20.2. The first-order valence-corrected chi connectivity index (χ1v) is 12.4. The van der Waals surface area contributed by atoms with Crippen molar-refractivity contribution in [1.82, 2.24) is 9.47 Å². The molecule has 8 heteroatoms. The minimum Gasteiger partial charge on any atom is -0.366 e. The molecule has 1 fully saturated rings. The lowest BCUT2D eigenvalue weighted by Gasteiger charge is -2.37. The van der Waals surface area contributed by atoms with Gasteiger partial charge in [-0.3, -0.25) is 14.2 Å². The van der Waals surface area contributed by atoms with Gasteiger partial charge in [-0.05, 0) is 55.3 Å². The highest BCUT2D eigenvalue weighted by Gasteiger charge is 2.32. The number of likely N-dealkylation sites (tertiary alicyclic amines) is 1. The van der Waals surface area contributed by atoms with E-state index in [0.29, 0.717) is 40.6 Å². The first-order valence-electron chi connectivity index (χ1n) is 12.0. The van der Waals surface area contributed by atoms with E-state index in [0.717, 1.165) is 25.2 Å². The standard InChI is InChI=1S/C28H24ClFN4O2/c29-19-8-9-22-23(16-33(26(22)15-19)27(35)18-4-3-5-20(30)14-18)28(36)32-12-10-21(11-13-32)34-17-31-24-6-1-2-7-25(24)34/h1-9,14-16,21,31H,10-13,17H2. The van der Waals surface area contributed by atoms with Gasteiger partial charge in [0.05, 0.1) is 29.1 Å². The lowest BCUT2D eigenvalue weighted by atomic mass is 10.0. The van der Waals surface area contributed by atoms with E-state index in [1.54, 1.807) is 30.5 Å². The predicted octanol–water partition coefficient (Wildman–Crippen LogP) is 5.62. The summed E-state index contributed by atoms with van der Waals surface area (Å²) in [5.41, 5.74) is 3.52. The van der Waals surface area contributed by atoms with Crippen molar-refractivity contribution in [3.63, 3.8) is 0 Å². The second-order valence-corrected chi connectivity index (χ2v) is 9.67. The molecule has 1 N–H and O–H groups in total. The Morgan fingerprint density at radius 3 is 2.56 bits per heavy atom. The summed E-state index contributed by atoms with van der Waals surface area (Å²) in [4.78, 5) is 31.1. The van der Waals surface area contributed by atoms with Gasteiger partial charge in [0.1, 0.15) is 5.82 Å². The van der Waals surface area contributed by atoms with E-state index in [1.165, 1.54) is 28.5 Å². The van der Waals surface area contributed by atoms with E-state index in [1.807, 2.05) is 17.0 Å². The van der Waals surface area contributed by atoms with Crippen molar-refractivity contribution in [2.75, 3.05) is 30.0 Å². The minimum absolute atomic E-state index is 0.119. The molecule has 6 rings (SSSR count). The van der Waals surface area contributed by atoms with Gasteiger partial charge in [-0.2, -0.15) is 0 Å². The van der Waals surface area contributed by atoms with Gasteiger partial charge < -0.3 is 15.1 Å². The van der Waals surface area contributed by atoms with Crippen molar-refractivity contribution in [2.45, 2.75) is 18.9 Å². The third-order valence-corrected chi connectivity index (χ3v) is 7.37. The van der Waals surface area contributed by atoms with E-state index in [9.17, 15) is 14.0 Å². The number of aromatic nitrogens is 1. The Bertz CT molecular complexity index is 1490. The lowest BCUT2D eigenvalue weighted by Crippen LogP contribution is -2.46. The Labute approximate surface area is 212 Å². The van der Waals surface area contributed by atoms with Gasteiger partial charge in [0.2, 0.25) is 0 Å². The summed E-state index contributed by atoms with van der Waals surface area (Å²) in [6, 6.07) is 19.3. The molecule has 36 heavy (non-hydrogen) atoms. The Kier molecular flexibility index (Phi) is 5.64. The molecule has 1 aromatic heterocycles. The number of piperidine rings is 1. The number of carbonyl (C=O) groups is 2. The average molecular weight is 503 g/mol. The van der Waals surface area contributed by atoms with E-state index >= 15 is 0 Å². The fourth-order valence-electron chi connectivity index (χ4n) is 5.30. The SMILES string of the molecule is O=C(c1cn(C(=O)c2cccc(F)c2)c2cc(Cl)ccc12)N1CCC(N2CNc3ccccc32)CC1. The number of para-hydroxylation sites is 2. The molecule has 1 amide bonds. The van der Waals surface area contributed by atoms with Crippen LogP contribution < -0.4 is 10.2 Å². The molecule has 3 aromatic carbocycles. The number of carbonyl (C=O) groups excluding carboxylic acids is 2. The van der Waals surface area contributed by atoms with Crippen LogP contribution in [0.3, 0.4) is 0 Å². The van der Waals surface area contributed by atoms with Gasteiger partial charge in [-0.1, -0.05) is 35.9 Å². The molecular weight excluding hydrogens is 479 g/mol. The quantitative estimate of drug-likeness (QED) is 0.395. The lowest BCUT2D eigenvalue weighted by molar-refractivity contribution is 0.0714. The highest BCUT2D eigenvalue weighted by molar-refractivity contribution is 6.31. The molecule has 0 aliphatic carbocycles. The number of halogens is 2. The maximum absolute atomic E-state index is 13.8. The van der Waals surface area contributed by atoms with Crippen molar-refractivity contribution in [1.29, 1.82) is 0 Å². The first-order chi connectivity index (χ1) is 17.5. The monoisotopic (exact) mass is 502 g/mol. The third kappa shape index (κ3) is 3.89. The van der Waals surface area contributed by atoms with E-state index in [2.05, 4.69) is 22.3 Å². The summed E-state index contributed by atoms with van der Waals surface area (Å²) in [5, 5.41) is 4.54. The van der Waals surface area contributed by atoms with Crippen LogP contribution in [0.5, 0.6) is 0 Å². The minimum atomic E-state index is -0.495. The van der Waals surface area contributed by atoms with Crippen molar-refractivity contribution >= 4 is 45.7 Å². The highest BCUT2D eigenvalue weighted by Crippen LogP contribution is 2.35. The number of anilines is 2. The molecule has 0 saturated carbocycles. The van der Waals surface area contributed by atoms with Crippen LogP contribution in [0.4, 0.5) is 15.8 Å². The summed E-state index contributed by atoms with van der Waals surface area (Å²) in [7, 11) is 0. The Morgan fingerprint density at radius 1 is 0.944 bits per heavy atom. The van der Waals surface area contributed by atoms with Crippen molar-refractivity contribution < 1.29 is 14.0 Å². The van der Waals surface area contributed by atoms with Crippen molar-refractivity contribution in [2.24, 2.45) is 0 Å². The van der Waals surface area contributed by atoms with E-state index in [-0.39, 0.29) is 11.5 Å². The van der Waals surface area contributed by atoms with Crippen LogP contribution in [0.25, 0.3) is 10.9 Å². The van der Waals surface area contributed by atoms with Gasteiger partial charge in [0, 0.05) is 41.3 Å². The van der Waals surface area contributed by atoms with Gasteiger partial charge in [0.15, 0.2) is 0 Å². The third-order valence-electron chi connectivity index (χ3n) is 7.13. The second kappa shape index (κ2) is 8.99. The predicted molar refractivity (Wildman–Crippen MR) is 139 cm³/mol. The van der Waals surface area contributed by atoms with Crippen molar-refractivity contribution in [3.8, 4) is 0 Å². The number of hydrogen-bond donors (Lipinski definition) is 1. The molecule has 0 spiro atoms. The maximum atomic E-state index is 13.8. The number of amides is 1. The molecule has 0 radical (unpaired) electrons. The van der Waals surface area contributed by atoms with Crippen LogP contribution in [-0.2, 0) is 0 Å². The molecule has 3 heterocycles. The number of rotatable bonds is 3. The Balaban J connectivity index is 1.26. The molecule has 0 atom stereocenters. The van der Waals surface area contributed by atoms with Crippen LogP contribution in [-0.4, -0.2) is 47.1 Å². The van der Waals surface area contributed by atoms with Crippen LogP contribution in [0.15, 0.2) is 72.9 Å². The Morgan fingerprint density at radius 2 is 1.75 bits per heavy atom. The number of fused-ring (bicyclic) bond motifs is 2. The molecule has 182 valence electrons. The topological polar surface area (TPSA) is 57.6 Å². The number of nitrogens with zero attached hydrogens (tertiary/aromatic N) is 3. The summed E-state index contributed by atoms with van der Waals surface area (Å²) < 4.78 is 15.2. The van der Waals surface area contributed by atoms with Crippen LogP contribution in [0.1, 0.15) is 33.6 Å². The van der Waals surface area contributed by atoms with Crippen LogP contribution >= 0.6 is 11.6 Å². The first kappa shape index (κ1) is 22.6. The number of benzene rings is 3. The number of hydrogen-bond acceptors (Lipinski definition) is 4. The summed E-state index contributed by atoms with van der Waals surface area (Å²) in [6.45, 7) is 2.02. The molecule has 0 unspecified atom stereocenters. The molecule has 2 aliphatic rings. The van der Waals surface area contributed by atoms with Crippen molar-refractivity contribution in [3.05, 3.63) is 94.9 Å².